The maximum atomic E-state index is 7.69. The van der Waals surface area contributed by atoms with E-state index in [-0.39, 0.29) is 10.5 Å². The van der Waals surface area contributed by atoms with Crippen LogP contribution in [0.2, 0.25) is 0 Å². The van der Waals surface area contributed by atoms with Crippen LogP contribution in [-0.4, -0.2) is 30.0 Å². The maximum Gasteiger partial charge on any atom is 0.116 e. The molecular formula is C11H17N2+. The molecule has 70 valence electrons. The van der Waals surface area contributed by atoms with Gasteiger partial charge in [-0.1, -0.05) is 6.07 Å². The molecule has 0 N–H and O–H groups in total. The van der Waals surface area contributed by atoms with E-state index in [0.29, 0.717) is 0 Å². The van der Waals surface area contributed by atoms with Gasteiger partial charge in [-0.25, -0.2) is 0 Å². The van der Waals surface area contributed by atoms with E-state index in [1.165, 1.54) is 0 Å². The molecule has 0 amide bonds. The number of aromatic nitrogens is 1. The molecule has 0 aliphatic carbocycles. The van der Waals surface area contributed by atoms with E-state index in [1.54, 1.807) is 12.4 Å². The number of nitrogens with zero attached hydrogens (tertiary/aromatic N) is 2. The Morgan fingerprint density at radius 3 is 3.31 bits per heavy atom. The van der Waals surface area contributed by atoms with Gasteiger partial charge in [0, 0.05) is 30.8 Å². The Hall–Kier alpha value is -0.890. The molecule has 0 bridgehead atoms. The summed E-state index contributed by atoms with van der Waals surface area (Å²) >= 11 is 0. The molecule has 2 heteroatoms. The Labute approximate surface area is 84.0 Å². The number of pyridine rings is 1. The molecule has 2 heterocycles. The summed E-state index contributed by atoms with van der Waals surface area (Å²) in [6, 6.07) is 3.91. The molecule has 1 aliphatic heterocycles. The highest BCUT2D eigenvalue weighted by atomic mass is 15.3. The third-order valence-electron chi connectivity index (χ3n) is 2.86. The van der Waals surface area contributed by atoms with Crippen LogP contribution in [0.4, 0.5) is 0 Å². The number of hydrogen-bond acceptors (Lipinski definition) is 1. The Morgan fingerprint density at radius 2 is 2.62 bits per heavy atom. The minimum atomic E-state index is -1.95. The van der Waals surface area contributed by atoms with Crippen molar-refractivity contribution >= 4 is 0 Å². The fraction of sp³-hybridized carbons (Fsp3) is 0.545. The van der Waals surface area contributed by atoms with Gasteiger partial charge in [-0.3, -0.25) is 4.98 Å². The van der Waals surface area contributed by atoms with E-state index in [0.717, 1.165) is 24.9 Å². The molecule has 1 unspecified atom stereocenters. The summed E-state index contributed by atoms with van der Waals surface area (Å²) in [5.41, 5.74) is 1.04. The molecule has 0 radical (unpaired) electrons. The van der Waals surface area contributed by atoms with Crippen molar-refractivity contribution in [3.8, 4) is 0 Å². The van der Waals surface area contributed by atoms with E-state index < -0.39 is 6.98 Å². The number of likely N-dealkylation sites (tertiary alicyclic amines) is 1. The lowest BCUT2D eigenvalue weighted by atomic mass is 10.1. The zero-order valence-corrected chi connectivity index (χ0v) is 7.90. The third-order valence-corrected chi connectivity index (χ3v) is 2.86. The molecule has 0 spiro atoms. The van der Waals surface area contributed by atoms with Crippen LogP contribution in [0.1, 0.15) is 28.6 Å². The molecule has 2 rings (SSSR count). The normalized spacial score (nSPS) is 37.9. The van der Waals surface area contributed by atoms with Crippen molar-refractivity contribution in [2.75, 3.05) is 20.6 Å². The van der Waals surface area contributed by atoms with Crippen LogP contribution >= 0.6 is 0 Å². The first-order chi connectivity index (χ1) is 7.45. The zero-order valence-electron chi connectivity index (χ0n) is 10.9. The van der Waals surface area contributed by atoms with Gasteiger partial charge in [-0.15, -0.1) is 0 Å². The van der Waals surface area contributed by atoms with E-state index in [1.807, 2.05) is 19.2 Å². The van der Waals surface area contributed by atoms with Crippen LogP contribution in [0.25, 0.3) is 0 Å². The van der Waals surface area contributed by atoms with Crippen LogP contribution in [0.3, 0.4) is 0 Å². The van der Waals surface area contributed by atoms with Gasteiger partial charge in [0.05, 0.1) is 24.7 Å². The molecular weight excluding hydrogens is 160 g/mol. The second-order valence-electron chi connectivity index (χ2n) is 3.94. The lowest BCUT2D eigenvalue weighted by Crippen LogP contribution is -2.38. The molecule has 0 saturated carbocycles. The summed E-state index contributed by atoms with van der Waals surface area (Å²) in [5.74, 6) is 0. The SMILES string of the molecule is [2H]C([2H])([2H])[N+]1(C)CCC[C@H]1c1cccnc1. The standard InChI is InChI=1S/C11H17N2/c1-13(2)8-4-6-11(13)10-5-3-7-12-9-10/h3,5,7,9,11H,4,6,8H2,1-2H3/q+1/t11-/m0/s1/i1D3/t11-,13?. The highest BCUT2D eigenvalue weighted by molar-refractivity contribution is 5.12. The van der Waals surface area contributed by atoms with Crippen LogP contribution in [0.15, 0.2) is 24.5 Å². The Kier molecular flexibility index (Phi) is 1.38. The van der Waals surface area contributed by atoms with E-state index in [9.17, 15) is 0 Å². The Morgan fingerprint density at radius 1 is 1.69 bits per heavy atom. The van der Waals surface area contributed by atoms with Gasteiger partial charge in [0.1, 0.15) is 6.04 Å². The highest BCUT2D eigenvalue weighted by Gasteiger charge is 2.34. The summed E-state index contributed by atoms with van der Waals surface area (Å²) in [6.45, 7) is -1.23. The van der Waals surface area contributed by atoms with Gasteiger partial charge in [-0.2, -0.15) is 0 Å². The summed E-state index contributed by atoms with van der Waals surface area (Å²) in [5, 5.41) is 0. The average molecular weight is 180 g/mol. The molecule has 1 aliphatic rings. The Balaban J connectivity index is 2.35. The summed E-state index contributed by atoms with van der Waals surface area (Å²) in [7, 11) is 1.83. The number of hydrogen-bond donors (Lipinski definition) is 0. The minimum absolute atomic E-state index is 0.0567. The second-order valence-corrected chi connectivity index (χ2v) is 3.94. The smallest absolute Gasteiger partial charge is 0.116 e. The Bertz CT molecular complexity index is 363. The highest BCUT2D eigenvalue weighted by Crippen LogP contribution is 2.35. The second kappa shape index (κ2) is 3.11. The molecule has 1 saturated heterocycles. The predicted octanol–water partition coefficient (Wildman–Crippen LogP) is 1.99. The predicted molar refractivity (Wildman–Crippen MR) is 53.2 cm³/mol. The van der Waals surface area contributed by atoms with Gasteiger partial charge < -0.3 is 4.48 Å². The van der Waals surface area contributed by atoms with Crippen molar-refractivity contribution in [1.29, 1.82) is 0 Å². The first kappa shape index (κ1) is 5.76. The van der Waals surface area contributed by atoms with E-state index in [2.05, 4.69) is 4.98 Å². The number of rotatable bonds is 1. The molecule has 2 nitrogen and oxygen atoms in total. The van der Waals surface area contributed by atoms with Crippen molar-refractivity contribution < 1.29 is 8.60 Å². The number of quaternary nitrogens is 1. The molecule has 1 aromatic rings. The molecule has 0 aromatic carbocycles. The maximum absolute atomic E-state index is 7.69. The lowest BCUT2D eigenvalue weighted by molar-refractivity contribution is -0.908. The van der Waals surface area contributed by atoms with Crippen LogP contribution in [0.5, 0.6) is 0 Å². The van der Waals surface area contributed by atoms with Crippen molar-refractivity contribution in [2.24, 2.45) is 0 Å². The van der Waals surface area contributed by atoms with Crippen molar-refractivity contribution in [1.82, 2.24) is 4.98 Å². The monoisotopic (exact) mass is 180 g/mol. The van der Waals surface area contributed by atoms with Gasteiger partial charge >= 0.3 is 0 Å². The molecule has 13 heavy (non-hydrogen) atoms. The molecule has 2 atom stereocenters. The van der Waals surface area contributed by atoms with Gasteiger partial charge in [-0.05, 0) is 6.07 Å². The summed E-state index contributed by atoms with van der Waals surface area (Å²) in [6.07, 6.45) is 5.41. The van der Waals surface area contributed by atoms with Crippen molar-refractivity contribution in [2.45, 2.75) is 18.9 Å². The third kappa shape index (κ3) is 1.59. The van der Waals surface area contributed by atoms with E-state index >= 15 is 0 Å². The largest absolute Gasteiger partial charge is 0.322 e. The van der Waals surface area contributed by atoms with Crippen molar-refractivity contribution in [3.63, 3.8) is 0 Å². The van der Waals surface area contributed by atoms with Crippen molar-refractivity contribution in [3.05, 3.63) is 30.1 Å². The van der Waals surface area contributed by atoms with Crippen LogP contribution < -0.4 is 0 Å². The summed E-state index contributed by atoms with van der Waals surface area (Å²) in [4.78, 5) is 4.08. The van der Waals surface area contributed by atoms with Gasteiger partial charge in [0.2, 0.25) is 0 Å². The molecule has 1 aromatic heterocycles. The topological polar surface area (TPSA) is 12.9 Å². The van der Waals surface area contributed by atoms with Crippen LogP contribution in [-0.2, 0) is 0 Å². The first-order valence-corrected chi connectivity index (χ1v) is 4.70. The quantitative estimate of drug-likeness (QED) is 0.602. The fourth-order valence-electron chi connectivity index (χ4n) is 2.12. The fourth-order valence-corrected chi connectivity index (χ4v) is 2.12. The van der Waals surface area contributed by atoms with Crippen LogP contribution in [0, 0.1) is 0 Å². The molecule has 1 fully saturated rings. The lowest BCUT2D eigenvalue weighted by Gasteiger charge is -2.31. The summed E-state index contributed by atoms with van der Waals surface area (Å²) < 4.78 is 23.2. The first-order valence-electron chi connectivity index (χ1n) is 6.20. The van der Waals surface area contributed by atoms with Gasteiger partial charge in [0.15, 0.2) is 0 Å². The van der Waals surface area contributed by atoms with E-state index in [4.69, 9.17) is 4.11 Å². The zero-order chi connectivity index (χ0) is 11.8. The minimum Gasteiger partial charge on any atom is -0.322 e. The average Bonchev–Trinajstić information content (AvgIpc) is 2.62. The van der Waals surface area contributed by atoms with Gasteiger partial charge in [0.25, 0.3) is 0 Å².